The summed E-state index contributed by atoms with van der Waals surface area (Å²) in [5, 5.41) is 0.605. The van der Waals surface area contributed by atoms with E-state index in [1.54, 1.807) is 24.3 Å². The monoisotopic (exact) mass is 337 g/mol. The Morgan fingerprint density at radius 3 is 2.64 bits per heavy atom. The average molecular weight is 338 g/mol. The lowest BCUT2D eigenvalue weighted by atomic mass is 10.1. The lowest BCUT2D eigenvalue weighted by Crippen LogP contribution is -2.30. The molecule has 1 aliphatic heterocycles. The van der Waals surface area contributed by atoms with E-state index in [2.05, 4.69) is 13.6 Å². The number of carbonyl (C=O) groups excluding carboxylic acids is 1. The van der Waals surface area contributed by atoms with Crippen molar-refractivity contribution in [2.24, 2.45) is 0 Å². The van der Waals surface area contributed by atoms with Gasteiger partial charge in [-0.25, -0.2) is 0 Å². The van der Waals surface area contributed by atoms with Crippen LogP contribution in [0.25, 0.3) is 0 Å². The number of hydrogen-bond donors (Lipinski definition) is 0. The van der Waals surface area contributed by atoms with Gasteiger partial charge in [0.2, 0.25) is 5.82 Å². The minimum atomic E-state index is -0.103. The van der Waals surface area contributed by atoms with Gasteiger partial charge >= 0.3 is 0 Å². The van der Waals surface area contributed by atoms with Crippen LogP contribution in [0.1, 0.15) is 29.6 Å². The van der Waals surface area contributed by atoms with Gasteiger partial charge in [-0.1, -0.05) is 11.6 Å². The molecule has 0 atom stereocenters. The summed E-state index contributed by atoms with van der Waals surface area (Å²) in [6.07, 6.45) is 3.56. The van der Waals surface area contributed by atoms with Gasteiger partial charge in [0.25, 0.3) is 5.88 Å². The SMILES string of the molecule is O=C(COc1nsnc1N1CCCCC1)c1ccc(Cl)cc1. The van der Waals surface area contributed by atoms with E-state index in [4.69, 9.17) is 16.3 Å². The van der Waals surface area contributed by atoms with Gasteiger partial charge in [-0.3, -0.25) is 4.79 Å². The molecule has 0 amide bonds. The molecule has 0 aliphatic carbocycles. The number of benzene rings is 1. The molecule has 3 rings (SSSR count). The Kier molecular flexibility index (Phi) is 4.90. The molecule has 1 saturated heterocycles. The summed E-state index contributed by atoms with van der Waals surface area (Å²) in [4.78, 5) is 14.3. The van der Waals surface area contributed by atoms with Crippen molar-refractivity contribution in [1.82, 2.24) is 8.75 Å². The number of nitrogens with zero attached hydrogens (tertiary/aromatic N) is 3. The molecule has 1 aromatic carbocycles. The number of ketones is 1. The first-order valence-corrected chi connectivity index (χ1v) is 8.34. The van der Waals surface area contributed by atoms with Crippen molar-refractivity contribution < 1.29 is 9.53 Å². The number of Topliss-reactive ketones (excluding diaryl/α,β-unsaturated/α-hetero) is 1. The summed E-state index contributed by atoms with van der Waals surface area (Å²) in [7, 11) is 0. The number of carbonyl (C=O) groups is 1. The molecule has 0 N–H and O–H groups in total. The molecule has 0 unspecified atom stereocenters. The molecule has 7 heteroatoms. The molecule has 0 bridgehead atoms. The fourth-order valence-corrected chi connectivity index (χ4v) is 3.06. The highest BCUT2D eigenvalue weighted by molar-refractivity contribution is 6.99. The summed E-state index contributed by atoms with van der Waals surface area (Å²) >= 11 is 6.93. The number of halogens is 1. The van der Waals surface area contributed by atoms with Gasteiger partial charge in [-0.15, -0.1) is 4.37 Å². The minimum Gasteiger partial charge on any atom is -0.466 e. The van der Waals surface area contributed by atoms with Crippen LogP contribution < -0.4 is 9.64 Å². The molecular formula is C15H16ClN3O2S. The van der Waals surface area contributed by atoms with Crippen molar-refractivity contribution >= 4 is 34.9 Å². The zero-order valence-corrected chi connectivity index (χ0v) is 13.6. The molecule has 5 nitrogen and oxygen atoms in total. The molecule has 1 aromatic heterocycles. The van der Waals surface area contributed by atoms with Crippen LogP contribution in [0.2, 0.25) is 5.02 Å². The Morgan fingerprint density at radius 1 is 1.18 bits per heavy atom. The van der Waals surface area contributed by atoms with E-state index in [1.807, 2.05) is 0 Å². The van der Waals surface area contributed by atoms with Gasteiger partial charge in [0, 0.05) is 23.7 Å². The molecule has 1 aliphatic rings. The molecular weight excluding hydrogens is 322 g/mol. The van der Waals surface area contributed by atoms with Crippen molar-refractivity contribution in [2.45, 2.75) is 19.3 Å². The lowest BCUT2D eigenvalue weighted by molar-refractivity contribution is 0.0919. The van der Waals surface area contributed by atoms with Crippen molar-refractivity contribution in [3.8, 4) is 5.88 Å². The van der Waals surface area contributed by atoms with Crippen LogP contribution in [-0.2, 0) is 0 Å². The van der Waals surface area contributed by atoms with Gasteiger partial charge in [-0.2, -0.15) is 4.37 Å². The summed E-state index contributed by atoms with van der Waals surface area (Å²) in [6, 6.07) is 6.77. The molecule has 2 aromatic rings. The van der Waals surface area contributed by atoms with Gasteiger partial charge in [0.05, 0.1) is 11.7 Å². The normalized spacial score (nSPS) is 14.9. The summed E-state index contributed by atoms with van der Waals surface area (Å²) in [5.41, 5.74) is 0.576. The van der Waals surface area contributed by atoms with Crippen LogP contribution >= 0.6 is 23.3 Å². The van der Waals surface area contributed by atoms with E-state index < -0.39 is 0 Å². The third-order valence-corrected chi connectivity index (χ3v) is 4.36. The third-order valence-electron chi connectivity index (χ3n) is 3.60. The van der Waals surface area contributed by atoms with Crippen molar-refractivity contribution in [2.75, 3.05) is 24.6 Å². The Balaban J connectivity index is 1.63. The quantitative estimate of drug-likeness (QED) is 0.782. The van der Waals surface area contributed by atoms with E-state index in [0.717, 1.165) is 43.5 Å². The lowest BCUT2D eigenvalue weighted by Gasteiger charge is -2.26. The van der Waals surface area contributed by atoms with Gasteiger partial charge < -0.3 is 9.64 Å². The Bertz CT molecular complexity index is 638. The van der Waals surface area contributed by atoms with E-state index >= 15 is 0 Å². The predicted octanol–water partition coefficient (Wildman–Crippen LogP) is 3.44. The first kappa shape index (κ1) is 15.2. The molecule has 0 spiro atoms. The smallest absolute Gasteiger partial charge is 0.271 e. The Hall–Kier alpha value is -1.66. The van der Waals surface area contributed by atoms with Crippen LogP contribution in [0.15, 0.2) is 24.3 Å². The molecule has 116 valence electrons. The molecule has 0 saturated carbocycles. The summed E-state index contributed by atoms with van der Waals surface area (Å²) in [6.45, 7) is 1.88. The number of rotatable bonds is 5. The van der Waals surface area contributed by atoms with Crippen molar-refractivity contribution in [3.05, 3.63) is 34.9 Å². The Labute approximate surface area is 138 Å². The largest absolute Gasteiger partial charge is 0.466 e. The van der Waals surface area contributed by atoms with Crippen molar-refractivity contribution in [1.29, 1.82) is 0 Å². The van der Waals surface area contributed by atoms with Gasteiger partial charge in [-0.05, 0) is 43.5 Å². The molecule has 1 fully saturated rings. The summed E-state index contributed by atoms with van der Waals surface area (Å²) in [5.74, 6) is 1.11. The average Bonchev–Trinajstić information content (AvgIpc) is 3.02. The molecule has 2 heterocycles. The number of anilines is 1. The highest BCUT2D eigenvalue weighted by atomic mass is 35.5. The first-order valence-electron chi connectivity index (χ1n) is 7.23. The minimum absolute atomic E-state index is 0.0477. The maximum atomic E-state index is 12.1. The maximum absolute atomic E-state index is 12.1. The highest BCUT2D eigenvalue weighted by Gasteiger charge is 2.20. The maximum Gasteiger partial charge on any atom is 0.271 e. The number of hydrogen-bond acceptors (Lipinski definition) is 6. The number of piperidine rings is 1. The molecule has 22 heavy (non-hydrogen) atoms. The zero-order valence-electron chi connectivity index (χ0n) is 12.0. The van der Waals surface area contributed by atoms with E-state index in [9.17, 15) is 4.79 Å². The van der Waals surface area contributed by atoms with Gasteiger partial charge in [0.15, 0.2) is 12.4 Å². The van der Waals surface area contributed by atoms with E-state index in [-0.39, 0.29) is 12.4 Å². The topological polar surface area (TPSA) is 55.3 Å². The van der Waals surface area contributed by atoms with Crippen LogP contribution in [0.5, 0.6) is 5.88 Å². The zero-order chi connectivity index (χ0) is 15.4. The van der Waals surface area contributed by atoms with Crippen LogP contribution in [0, 0.1) is 0 Å². The second kappa shape index (κ2) is 7.07. The predicted molar refractivity (Wildman–Crippen MR) is 87.3 cm³/mol. The van der Waals surface area contributed by atoms with Gasteiger partial charge in [0.1, 0.15) is 0 Å². The Morgan fingerprint density at radius 2 is 1.91 bits per heavy atom. The third kappa shape index (κ3) is 3.56. The second-order valence-corrected chi connectivity index (χ2v) is 6.12. The summed E-state index contributed by atoms with van der Waals surface area (Å²) < 4.78 is 14.1. The van der Waals surface area contributed by atoms with Crippen LogP contribution in [0.3, 0.4) is 0 Å². The molecule has 0 radical (unpaired) electrons. The first-order chi connectivity index (χ1) is 10.7. The van der Waals surface area contributed by atoms with Crippen LogP contribution in [0.4, 0.5) is 5.82 Å². The second-order valence-electron chi connectivity index (χ2n) is 5.16. The number of aromatic nitrogens is 2. The fraction of sp³-hybridized carbons (Fsp3) is 0.400. The van der Waals surface area contributed by atoms with Crippen LogP contribution in [-0.4, -0.2) is 34.2 Å². The van der Waals surface area contributed by atoms with E-state index in [1.165, 1.54) is 6.42 Å². The number of ether oxygens (including phenoxy) is 1. The van der Waals surface area contributed by atoms with Crippen molar-refractivity contribution in [3.63, 3.8) is 0 Å². The highest BCUT2D eigenvalue weighted by Crippen LogP contribution is 2.28. The standard InChI is InChI=1S/C15H16ClN3O2S/c16-12-6-4-11(5-7-12)13(20)10-21-15-14(17-22-18-15)19-8-2-1-3-9-19/h4-7H,1-3,8-10H2. The fourth-order valence-electron chi connectivity index (χ4n) is 2.42. The van der Waals surface area contributed by atoms with E-state index in [0.29, 0.717) is 16.5 Å².